The molecule has 1 atom stereocenters. The highest BCUT2D eigenvalue weighted by atomic mass is 14.2. The average molecular weight is 252 g/mol. The molecule has 0 saturated carbocycles. The Balaban J connectivity index is 2.18. The van der Waals surface area contributed by atoms with E-state index >= 15 is 0 Å². The summed E-state index contributed by atoms with van der Waals surface area (Å²) in [6.45, 7) is 9.13. The SMILES string of the molecule is CC(Cc1ccccc1)c1cccc(C(C)(C)C)c1. The van der Waals surface area contributed by atoms with Crippen molar-refractivity contribution in [3.63, 3.8) is 0 Å². The summed E-state index contributed by atoms with van der Waals surface area (Å²) >= 11 is 0. The molecule has 0 heteroatoms. The molecule has 0 amide bonds. The molecule has 0 aromatic heterocycles. The van der Waals surface area contributed by atoms with Crippen LogP contribution in [0.3, 0.4) is 0 Å². The predicted octanol–water partition coefficient (Wildman–Crippen LogP) is 5.33. The predicted molar refractivity (Wildman–Crippen MR) is 83.7 cm³/mol. The van der Waals surface area contributed by atoms with Crippen LogP contribution < -0.4 is 0 Å². The van der Waals surface area contributed by atoms with Crippen molar-refractivity contribution >= 4 is 0 Å². The van der Waals surface area contributed by atoms with Crippen LogP contribution >= 0.6 is 0 Å². The van der Waals surface area contributed by atoms with Crippen molar-refractivity contribution in [2.75, 3.05) is 0 Å². The molecular weight excluding hydrogens is 228 g/mol. The van der Waals surface area contributed by atoms with Gasteiger partial charge in [-0.2, -0.15) is 0 Å². The molecule has 2 rings (SSSR count). The van der Waals surface area contributed by atoms with E-state index in [-0.39, 0.29) is 5.41 Å². The third-order valence-corrected chi connectivity index (χ3v) is 3.71. The summed E-state index contributed by atoms with van der Waals surface area (Å²) in [7, 11) is 0. The Morgan fingerprint density at radius 2 is 1.58 bits per heavy atom. The standard InChI is InChI=1S/C19H24/c1-15(13-16-9-6-5-7-10-16)17-11-8-12-18(14-17)19(2,3)4/h5-12,14-15H,13H2,1-4H3. The molecular formula is C19H24. The zero-order valence-corrected chi connectivity index (χ0v) is 12.5. The number of hydrogen-bond acceptors (Lipinski definition) is 0. The van der Waals surface area contributed by atoms with Gasteiger partial charge in [0.1, 0.15) is 0 Å². The van der Waals surface area contributed by atoms with Crippen LogP contribution in [0.15, 0.2) is 54.6 Å². The van der Waals surface area contributed by atoms with Crippen molar-refractivity contribution in [3.8, 4) is 0 Å². The number of hydrogen-bond donors (Lipinski definition) is 0. The maximum atomic E-state index is 2.37. The Bertz CT molecular complexity index is 517. The monoisotopic (exact) mass is 252 g/mol. The lowest BCUT2D eigenvalue weighted by Crippen LogP contribution is -2.11. The maximum Gasteiger partial charge on any atom is -0.0132 e. The number of benzene rings is 2. The average Bonchev–Trinajstić information content (AvgIpc) is 2.39. The topological polar surface area (TPSA) is 0 Å². The van der Waals surface area contributed by atoms with Crippen LogP contribution in [0.25, 0.3) is 0 Å². The normalized spacial score (nSPS) is 13.3. The third kappa shape index (κ3) is 3.70. The van der Waals surface area contributed by atoms with Gasteiger partial charge >= 0.3 is 0 Å². The lowest BCUT2D eigenvalue weighted by atomic mass is 9.84. The zero-order chi connectivity index (χ0) is 13.9. The minimum atomic E-state index is 0.225. The minimum absolute atomic E-state index is 0.225. The molecule has 0 aliphatic carbocycles. The van der Waals surface area contributed by atoms with Gasteiger partial charge in [0, 0.05) is 0 Å². The van der Waals surface area contributed by atoms with Crippen LogP contribution in [0.2, 0.25) is 0 Å². The first kappa shape index (κ1) is 13.9. The Kier molecular flexibility index (Phi) is 4.09. The van der Waals surface area contributed by atoms with Gasteiger partial charge in [-0.3, -0.25) is 0 Å². The van der Waals surface area contributed by atoms with Gasteiger partial charge in [0.25, 0.3) is 0 Å². The van der Waals surface area contributed by atoms with Crippen molar-refractivity contribution in [1.29, 1.82) is 0 Å². The lowest BCUT2D eigenvalue weighted by molar-refractivity contribution is 0.588. The largest absolute Gasteiger partial charge is 0.0622 e. The van der Waals surface area contributed by atoms with E-state index in [4.69, 9.17) is 0 Å². The van der Waals surface area contributed by atoms with E-state index in [1.807, 2.05) is 0 Å². The molecule has 0 aliphatic rings. The van der Waals surface area contributed by atoms with Gasteiger partial charge in [0.2, 0.25) is 0 Å². The van der Waals surface area contributed by atoms with Crippen LogP contribution in [0, 0.1) is 0 Å². The molecule has 0 saturated heterocycles. The number of rotatable bonds is 3. The zero-order valence-electron chi connectivity index (χ0n) is 12.5. The molecule has 2 aromatic rings. The summed E-state index contributed by atoms with van der Waals surface area (Å²) < 4.78 is 0. The van der Waals surface area contributed by atoms with E-state index in [1.165, 1.54) is 16.7 Å². The van der Waals surface area contributed by atoms with Crippen LogP contribution in [-0.2, 0) is 11.8 Å². The fraction of sp³-hybridized carbons (Fsp3) is 0.368. The summed E-state index contributed by atoms with van der Waals surface area (Å²) in [6, 6.07) is 19.8. The summed E-state index contributed by atoms with van der Waals surface area (Å²) in [6.07, 6.45) is 1.11. The smallest absolute Gasteiger partial charge is 0.0132 e. The fourth-order valence-corrected chi connectivity index (χ4v) is 2.40. The second kappa shape index (κ2) is 5.61. The van der Waals surface area contributed by atoms with Crippen LogP contribution in [-0.4, -0.2) is 0 Å². The van der Waals surface area contributed by atoms with E-state index < -0.39 is 0 Å². The Hall–Kier alpha value is -1.56. The Labute approximate surface area is 117 Å². The first-order valence-electron chi connectivity index (χ1n) is 7.11. The molecule has 0 aliphatic heterocycles. The molecule has 0 heterocycles. The van der Waals surface area contributed by atoms with Gasteiger partial charge < -0.3 is 0 Å². The van der Waals surface area contributed by atoms with Crippen LogP contribution in [0.4, 0.5) is 0 Å². The second-order valence-electron chi connectivity index (χ2n) is 6.47. The van der Waals surface area contributed by atoms with Crippen molar-refractivity contribution in [3.05, 3.63) is 71.3 Å². The highest BCUT2D eigenvalue weighted by molar-refractivity contribution is 5.31. The van der Waals surface area contributed by atoms with Gasteiger partial charge in [-0.15, -0.1) is 0 Å². The van der Waals surface area contributed by atoms with E-state index in [9.17, 15) is 0 Å². The highest BCUT2D eigenvalue weighted by Crippen LogP contribution is 2.27. The maximum absolute atomic E-state index is 2.37. The molecule has 0 nitrogen and oxygen atoms in total. The van der Waals surface area contributed by atoms with Gasteiger partial charge in [-0.25, -0.2) is 0 Å². The molecule has 0 N–H and O–H groups in total. The van der Waals surface area contributed by atoms with Crippen LogP contribution in [0.1, 0.15) is 50.3 Å². The molecule has 100 valence electrons. The highest BCUT2D eigenvalue weighted by Gasteiger charge is 2.15. The van der Waals surface area contributed by atoms with Gasteiger partial charge in [0.05, 0.1) is 0 Å². The van der Waals surface area contributed by atoms with Crippen molar-refractivity contribution in [1.82, 2.24) is 0 Å². The van der Waals surface area contributed by atoms with Crippen molar-refractivity contribution < 1.29 is 0 Å². The molecule has 0 radical (unpaired) electrons. The summed E-state index contributed by atoms with van der Waals surface area (Å²) in [5.74, 6) is 0.560. The van der Waals surface area contributed by atoms with E-state index in [2.05, 4.69) is 82.3 Å². The van der Waals surface area contributed by atoms with Gasteiger partial charge in [-0.05, 0) is 34.4 Å². The Morgan fingerprint density at radius 1 is 0.895 bits per heavy atom. The third-order valence-electron chi connectivity index (χ3n) is 3.71. The van der Waals surface area contributed by atoms with E-state index in [1.54, 1.807) is 0 Å². The van der Waals surface area contributed by atoms with Gasteiger partial charge in [0.15, 0.2) is 0 Å². The molecule has 0 spiro atoms. The summed E-state index contributed by atoms with van der Waals surface area (Å²) in [5.41, 5.74) is 4.50. The lowest BCUT2D eigenvalue weighted by Gasteiger charge is -2.21. The summed E-state index contributed by atoms with van der Waals surface area (Å²) in [5, 5.41) is 0. The van der Waals surface area contributed by atoms with E-state index in [0.29, 0.717) is 5.92 Å². The molecule has 0 bridgehead atoms. The minimum Gasteiger partial charge on any atom is -0.0622 e. The first-order chi connectivity index (χ1) is 8.97. The van der Waals surface area contributed by atoms with Crippen molar-refractivity contribution in [2.45, 2.75) is 45.4 Å². The molecule has 1 unspecified atom stereocenters. The molecule has 19 heavy (non-hydrogen) atoms. The fourth-order valence-electron chi connectivity index (χ4n) is 2.40. The quantitative estimate of drug-likeness (QED) is 0.692. The van der Waals surface area contributed by atoms with E-state index in [0.717, 1.165) is 6.42 Å². The summed E-state index contributed by atoms with van der Waals surface area (Å²) in [4.78, 5) is 0. The Morgan fingerprint density at radius 3 is 2.21 bits per heavy atom. The first-order valence-corrected chi connectivity index (χ1v) is 7.11. The second-order valence-corrected chi connectivity index (χ2v) is 6.47. The van der Waals surface area contributed by atoms with Crippen LogP contribution in [0.5, 0.6) is 0 Å². The molecule has 0 fully saturated rings. The van der Waals surface area contributed by atoms with Gasteiger partial charge in [-0.1, -0.05) is 82.3 Å². The molecule has 2 aromatic carbocycles. The van der Waals surface area contributed by atoms with Crippen molar-refractivity contribution in [2.24, 2.45) is 0 Å².